The molecule has 1 aromatic rings. The Kier molecular flexibility index (Phi) is 5.32. The van der Waals surface area contributed by atoms with Gasteiger partial charge in [-0.3, -0.25) is 9.59 Å². The van der Waals surface area contributed by atoms with E-state index in [0.717, 1.165) is 38.5 Å². The molecule has 1 amide bonds. The minimum atomic E-state index is -0.290. The van der Waals surface area contributed by atoms with Gasteiger partial charge in [0.15, 0.2) is 0 Å². The molecule has 8 heteroatoms. The van der Waals surface area contributed by atoms with Crippen molar-refractivity contribution in [2.24, 2.45) is 10.8 Å². The molecule has 2 bridgehead atoms. The molecule has 7 nitrogen and oxygen atoms in total. The van der Waals surface area contributed by atoms with Crippen LogP contribution in [-0.4, -0.2) is 35.5 Å². The molecular formula is C16H23ClN4O3. The fourth-order valence-electron chi connectivity index (χ4n) is 3.91. The number of amides is 1. The summed E-state index contributed by atoms with van der Waals surface area (Å²) in [5.41, 5.74) is 5.65. The van der Waals surface area contributed by atoms with Crippen LogP contribution in [0.4, 0.5) is 5.82 Å². The van der Waals surface area contributed by atoms with Crippen molar-refractivity contribution in [3.05, 3.63) is 18.1 Å². The van der Waals surface area contributed by atoms with E-state index in [9.17, 15) is 9.59 Å². The van der Waals surface area contributed by atoms with Gasteiger partial charge in [-0.05, 0) is 43.9 Å². The highest BCUT2D eigenvalue weighted by Gasteiger charge is 2.52. The second-order valence-electron chi connectivity index (χ2n) is 6.78. The van der Waals surface area contributed by atoms with Crippen LogP contribution in [0.15, 0.2) is 12.4 Å². The van der Waals surface area contributed by atoms with Gasteiger partial charge in [-0.25, -0.2) is 9.97 Å². The molecule has 3 aliphatic carbocycles. The number of nitrogen functional groups attached to an aromatic ring is 1. The number of rotatable bonds is 4. The molecule has 3 N–H and O–H groups in total. The normalized spacial score (nSPS) is 27.9. The lowest BCUT2D eigenvalue weighted by Crippen LogP contribution is -2.50. The third kappa shape index (κ3) is 3.31. The number of esters is 1. The Morgan fingerprint density at radius 3 is 2.38 bits per heavy atom. The lowest BCUT2D eigenvalue weighted by molar-refractivity contribution is -0.162. The van der Waals surface area contributed by atoms with Crippen LogP contribution >= 0.6 is 12.4 Å². The number of aromatic nitrogens is 2. The van der Waals surface area contributed by atoms with Crippen molar-refractivity contribution in [2.45, 2.75) is 38.5 Å². The van der Waals surface area contributed by atoms with Gasteiger partial charge in [0.05, 0.1) is 12.5 Å². The molecule has 0 saturated heterocycles. The molecule has 1 heterocycles. The second-order valence-corrected chi connectivity index (χ2v) is 6.78. The summed E-state index contributed by atoms with van der Waals surface area (Å²) >= 11 is 0. The Hall–Kier alpha value is -1.89. The molecule has 0 atom stereocenters. The average molecular weight is 355 g/mol. The smallest absolute Gasteiger partial charge is 0.311 e. The van der Waals surface area contributed by atoms with E-state index in [0.29, 0.717) is 6.54 Å². The molecule has 0 radical (unpaired) electrons. The summed E-state index contributed by atoms with van der Waals surface area (Å²) in [5, 5.41) is 2.97. The molecule has 3 saturated carbocycles. The number of ether oxygens (including phenoxy) is 1. The molecule has 0 spiro atoms. The van der Waals surface area contributed by atoms with Gasteiger partial charge >= 0.3 is 5.97 Å². The zero-order valence-corrected chi connectivity index (χ0v) is 14.5. The second kappa shape index (κ2) is 6.93. The van der Waals surface area contributed by atoms with Crippen molar-refractivity contribution in [3.63, 3.8) is 0 Å². The van der Waals surface area contributed by atoms with Crippen molar-refractivity contribution >= 4 is 30.1 Å². The first-order valence-electron chi connectivity index (χ1n) is 7.93. The zero-order valence-electron chi connectivity index (χ0n) is 13.7. The molecule has 1 aromatic heterocycles. The molecule has 0 aliphatic heterocycles. The van der Waals surface area contributed by atoms with Gasteiger partial charge in [0.25, 0.3) is 5.91 Å². The first-order chi connectivity index (χ1) is 11.0. The van der Waals surface area contributed by atoms with Gasteiger partial charge in [0.2, 0.25) is 0 Å². The van der Waals surface area contributed by atoms with Crippen LogP contribution in [0.3, 0.4) is 0 Å². The highest BCUT2D eigenvalue weighted by molar-refractivity contribution is 5.92. The Balaban J connectivity index is 0.00000208. The topological polar surface area (TPSA) is 107 Å². The minimum Gasteiger partial charge on any atom is -0.469 e. The van der Waals surface area contributed by atoms with Crippen molar-refractivity contribution in [2.75, 3.05) is 19.4 Å². The van der Waals surface area contributed by atoms with Crippen LogP contribution in [0.2, 0.25) is 0 Å². The summed E-state index contributed by atoms with van der Waals surface area (Å²) in [5.74, 6) is -0.0309. The Morgan fingerprint density at radius 2 is 1.83 bits per heavy atom. The fraction of sp³-hybridized carbons (Fsp3) is 0.625. The quantitative estimate of drug-likeness (QED) is 0.797. The predicted molar refractivity (Wildman–Crippen MR) is 90.6 cm³/mol. The third-order valence-electron chi connectivity index (χ3n) is 5.56. The molecular weight excluding hydrogens is 332 g/mol. The molecule has 3 fully saturated rings. The highest BCUT2D eigenvalue weighted by Crippen LogP contribution is 2.57. The molecule has 0 aromatic carbocycles. The average Bonchev–Trinajstić information content (AvgIpc) is 2.60. The highest BCUT2D eigenvalue weighted by atomic mass is 35.5. The van der Waals surface area contributed by atoms with Crippen LogP contribution in [-0.2, 0) is 9.53 Å². The molecule has 0 unspecified atom stereocenters. The molecule has 24 heavy (non-hydrogen) atoms. The zero-order chi connectivity index (χ0) is 16.5. The summed E-state index contributed by atoms with van der Waals surface area (Å²) in [6.07, 6.45) is 6.63. The van der Waals surface area contributed by atoms with Gasteiger partial charge in [-0.2, -0.15) is 0 Å². The maximum Gasteiger partial charge on any atom is 0.311 e. The molecule has 4 rings (SSSR count). The van der Waals surface area contributed by atoms with Crippen LogP contribution < -0.4 is 11.1 Å². The maximum absolute atomic E-state index is 12.2. The number of hydrogen-bond donors (Lipinski definition) is 2. The summed E-state index contributed by atoms with van der Waals surface area (Å²) < 4.78 is 4.97. The number of carbonyl (C=O) groups is 2. The SMILES string of the molecule is COC(=O)C12CCC(CNC(=O)c3cc(N)ncn3)(CC1)CC2.Cl. The van der Waals surface area contributed by atoms with E-state index in [1.54, 1.807) is 0 Å². The largest absolute Gasteiger partial charge is 0.469 e. The number of nitrogens with zero attached hydrogens (tertiary/aromatic N) is 2. The lowest BCUT2D eigenvalue weighted by atomic mass is 9.53. The molecule has 132 valence electrons. The number of carbonyl (C=O) groups excluding carboxylic acids is 2. The first kappa shape index (κ1) is 18.4. The summed E-state index contributed by atoms with van der Waals surface area (Å²) in [7, 11) is 1.46. The van der Waals surface area contributed by atoms with Gasteiger partial charge in [-0.15, -0.1) is 12.4 Å². The fourth-order valence-corrected chi connectivity index (χ4v) is 3.91. The summed E-state index contributed by atoms with van der Waals surface area (Å²) in [6, 6.07) is 1.47. The monoisotopic (exact) mass is 354 g/mol. The number of anilines is 1. The van der Waals surface area contributed by atoms with Gasteiger partial charge < -0.3 is 15.8 Å². The van der Waals surface area contributed by atoms with E-state index in [1.165, 1.54) is 19.5 Å². The number of hydrogen-bond acceptors (Lipinski definition) is 6. The number of methoxy groups -OCH3 is 1. The van der Waals surface area contributed by atoms with Crippen LogP contribution in [0.5, 0.6) is 0 Å². The van der Waals surface area contributed by atoms with E-state index < -0.39 is 0 Å². The summed E-state index contributed by atoms with van der Waals surface area (Å²) in [4.78, 5) is 31.9. The van der Waals surface area contributed by atoms with Crippen LogP contribution in [0.25, 0.3) is 0 Å². The summed E-state index contributed by atoms with van der Waals surface area (Å²) in [6.45, 7) is 0.604. The van der Waals surface area contributed by atoms with Crippen molar-refractivity contribution in [3.8, 4) is 0 Å². The van der Waals surface area contributed by atoms with Gasteiger partial charge in [-0.1, -0.05) is 0 Å². The van der Waals surface area contributed by atoms with Crippen LogP contribution in [0.1, 0.15) is 49.0 Å². The first-order valence-corrected chi connectivity index (χ1v) is 7.93. The van der Waals surface area contributed by atoms with E-state index in [-0.39, 0.29) is 46.6 Å². The van der Waals surface area contributed by atoms with Gasteiger partial charge in [0, 0.05) is 12.6 Å². The lowest BCUT2D eigenvalue weighted by Gasteiger charge is -2.51. The predicted octanol–water partition coefficient (Wildman–Crippen LogP) is 1.72. The Morgan fingerprint density at radius 1 is 1.21 bits per heavy atom. The van der Waals surface area contributed by atoms with E-state index >= 15 is 0 Å². The number of nitrogens with two attached hydrogens (primary N) is 1. The maximum atomic E-state index is 12.2. The van der Waals surface area contributed by atoms with E-state index in [2.05, 4.69) is 15.3 Å². The number of fused-ring (bicyclic) bond motifs is 3. The van der Waals surface area contributed by atoms with Crippen molar-refractivity contribution < 1.29 is 14.3 Å². The molecule has 3 aliphatic rings. The minimum absolute atomic E-state index is 0. The number of halogens is 1. The standard InChI is InChI=1S/C16H22N4O3.ClH/c1-23-14(22)16-5-2-15(3-6-16,4-7-16)9-18-13(21)11-8-12(17)20-10-19-11;/h8,10H,2-7,9H2,1H3,(H,18,21)(H2,17,19,20);1H. The van der Waals surface area contributed by atoms with E-state index in [4.69, 9.17) is 10.5 Å². The van der Waals surface area contributed by atoms with E-state index in [1.807, 2.05) is 0 Å². The number of nitrogens with one attached hydrogen (secondary N) is 1. The van der Waals surface area contributed by atoms with Crippen molar-refractivity contribution in [1.82, 2.24) is 15.3 Å². The Bertz CT molecular complexity index is 613. The van der Waals surface area contributed by atoms with Crippen molar-refractivity contribution in [1.29, 1.82) is 0 Å². The van der Waals surface area contributed by atoms with Gasteiger partial charge in [0.1, 0.15) is 17.8 Å². The Labute approximate surface area is 147 Å². The van der Waals surface area contributed by atoms with Crippen LogP contribution in [0, 0.1) is 10.8 Å². The third-order valence-corrected chi connectivity index (χ3v) is 5.56.